The summed E-state index contributed by atoms with van der Waals surface area (Å²) in [4.78, 5) is 51.3. The molecule has 0 aliphatic carbocycles. The number of ketones is 1. The maximum atomic E-state index is 14.0. The molecule has 1 N–H and O–H groups in total. The second-order valence-electron chi connectivity index (χ2n) is 11.3. The Morgan fingerprint density at radius 1 is 1.02 bits per heavy atom. The van der Waals surface area contributed by atoms with Crippen molar-refractivity contribution in [3.8, 4) is 11.5 Å². The molecular formula is C37H34N4O7S. The number of esters is 1. The van der Waals surface area contributed by atoms with Crippen molar-refractivity contribution in [3.05, 3.63) is 124 Å². The highest BCUT2D eigenvalue weighted by molar-refractivity contribution is 7.17. The molecule has 1 amide bonds. The van der Waals surface area contributed by atoms with E-state index < -0.39 is 29.5 Å². The molecule has 1 unspecified atom stereocenters. The average Bonchev–Trinajstić information content (AvgIpc) is 3.74. The summed E-state index contributed by atoms with van der Waals surface area (Å²) in [6.45, 7) is 11.3. The Morgan fingerprint density at radius 2 is 1.80 bits per heavy atom. The third-order valence-electron chi connectivity index (χ3n) is 8.08. The van der Waals surface area contributed by atoms with Gasteiger partial charge in [-0.25, -0.2) is 14.8 Å². The lowest BCUT2D eigenvalue weighted by molar-refractivity contribution is -0.132. The smallest absolute Gasteiger partial charge is 0.350 e. The summed E-state index contributed by atoms with van der Waals surface area (Å²) in [5.41, 5.74) is 3.75. The highest BCUT2D eigenvalue weighted by Crippen LogP contribution is 2.46. The van der Waals surface area contributed by atoms with Crippen LogP contribution in [0.4, 0.5) is 5.13 Å². The number of thiazole rings is 1. The number of aryl methyl sites for hydroxylation is 3. The predicted octanol–water partition coefficient (Wildman–Crippen LogP) is 6.66. The van der Waals surface area contributed by atoms with Crippen LogP contribution in [0.1, 0.15) is 56.4 Å². The number of pyridine rings is 1. The van der Waals surface area contributed by atoms with E-state index in [9.17, 15) is 19.5 Å². The number of aromatic nitrogens is 3. The summed E-state index contributed by atoms with van der Waals surface area (Å²) in [7, 11) is 0. The van der Waals surface area contributed by atoms with Gasteiger partial charge in [-0.1, -0.05) is 66.5 Å². The maximum absolute atomic E-state index is 14.0. The van der Waals surface area contributed by atoms with Gasteiger partial charge < -0.3 is 23.7 Å². The molecule has 49 heavy (non-hydrogen) atoms. The highest BCUT2D eigenvalue weighted by Gasteiger charge is 2.49. The van der Waals surface area contributed by atoms with Gasteiger partial charge in [0.25, 0.3) is 5.78 Å². The number of rotatable bonds is 11. The molecule has 1 atom stereocenters. The summed E-state index contributed by atoms with van der Waals surface area (Å²) in [5, 5.41) is 12.0. The molecule has 5 aromatic rings. The Hall–Kier alpha value is -5.75. The molecule has 0 spiro atoms. The lowest BCUT2D eigenvalue weighted by Gasteiger charge is -2.24. The molecule has 0 radical (unpaired) electrons. The van der Waals surface area contributed by atoms with Gasteiger partial charge in [0.2, 0.25) is 0 Å². The molecule has 1 saturated heterocycles. The lowest BCUT2D eigenvalue weighted by atomic mass is 9.96. The summed E-state index contributed by atoms with van der Waals surface area (Å²) >= 11 is 0.914. The fraction of sp³-hybridized carbons (Fsp3) is 0.216. The number of benzene rings is 2. The highest BCUT2D eigenvalue weighted by atomic mass is 32.1. The van der Waals surface area contributed by atoms with Crippen LogP contribution in [0.15, 0.2) is 85.1 Å². The van der Waals surface area contributed by atoms with Crippen molar-refractivity contribution in [2.45, 2.75) is 40.3 Å². The van der Waals surface area contributed by atoms with Gasteiger partial charge in [-0.3, -0.25) is 14.5 Å². The number of ether oxygens (including phenoxy) is 3. The number of anilines is 1. The number of hydrogen-bond acceptors (Lipinski definition) is 10. The Morgan fingerprint density at radius 3 is 2.51 bits per heavy atom. The lowest BCUT2D eigenvalue weighted by Crippen LogP contribution is -2.29. The number of Topliss-reactive ketones (excluding diaryl/α,β-unsaturated/α-hetero) is 1. The zero-order chi connectivity index (χ0) is 34.8. The summed E-state index contributed by atoms with van der Waals surface area (Å²) < 4.78 is 19.1. The van der Waals surface area contributed by atoms with Crippen molar-refractivity contribution in [2.75, 3.05) is 18.1 Å². The number of aliphatic hydroxyl groups is 1. The molecule has 1 aliphatic rings. The second-order valence-corrected chi connectivity index (χ2v) is 12.3. The van der Waals surface area contributed by atoms with Crippen LogP contribution in [-0.4, -0.2) is 50.3 Å². The van der Waals surface area contributed by atoms with Crippen molar-refractivity contribution >= 4 is 45.5 Å². The van der Waals surface area contributed by atoms with Gasteiger partial charge in [0.1, 0.15) is 29.4 Å². The molecule has 3 aromatic heterocycles. The third-order valence-corrected chi connectivity index (χ3v) is 9.22. The van der Waals surface area contributed by atoms with E-state index >= 15 is 0 Å². The first kappa shape index (κ1) is 33.2. The quantitative estimate of drug-likeness (QED) is 0.0535. The van der Waals surface area contributed by atoms with Crippen LogP contribution in [0.2, 0.25) is 0 Å². The fourth-order valence-corrected chi connectivity index (χ4v) is 6.70. The molecule has 0 bridgehead atoms. The Bertz CT molecular complexity index is 2130. The average molecular weight is 679 g/mol. The van der Waals surface area contributed by atoms with E-state index in [0.717, 1.165) is 22.5 Å². The van der Waals surface area contributed by atoms with Gasteiger partial charge in [-0.2, -0.15) is 0 Å². The minimum Gasteiger partial charge on any atom is -0.505 e. The van der Waals surface area contributed by atoms with Crippen molar-refractivity contribution in [3.63, 3.8) is 0 Å². The molecule has 6 rings (SSSR count). The molecule has 0 saturated carbocycles. The zero-order valence-corrected chi connectivity index (χ0v) is 28.2. The monoisotopic (exact) mass is 678 g/mol. The van der Waals surface area contributed by atoms with E-state index in [1.165, 1.54) is 11.0 Å². The first-order valence-corrected chi connectivity index (χ1v) is 16.4. The van der Waals surface area contributed by atoms with E-state index in [2.05, 4.69) is 16.5 Å². The van der Waals surface area contributed by atoms with Crippen LogP contribution in [0, 0.1) is 20.8 Å². The number of amides is 1. The van der Waals surface area contributed by atoms with Crippen LogP contribution in [0.3, 0.4) is 0 Å². The van der Waals surface area contributed by atoms with Crippen molar-refractivity contribution in [1.82, 2.24) is 14.4 Å². The number of aliphatic hydroxyl groups excluding tert-OH is 1. The minimum absolute atomic E-state index is 0.00719. The van der Waals surface area contributed by atoms with E-state index in [-0.39, 0.29) is 34.5 Å². The van der Waals surface area contributed by atoms with Crippen LogP contribution in [-0.2, 0) is 20.9 Å². The molecule has 12 heteroatoms. The molecule has 1 aliphatic heterocycles. The zero-order valence-electron chi connectivity index (χ0n) is 27.4. The second kappa shape index (κ2) is 13.8. The number of fused-ring (bicyclic) bond motifs is 1. The molecule has 2 aromatic carbocycles. The van der Waals surface area contributed by atoms with Gasteiger partial charge in [0, 0.05) is 6.20 Å². The summed E-state index contributed by atoms with van der Waals surface area (Å²) in [6.07, 6.45) is 3.26. The Balaban J connectivity index is 1.51. The van der Waals surface area contributed by atoms with Gasteiger partial charge in [-0.05, 0) is 62.6 Å². The Kier molecular flexibility index (Phi) is 9.32. The SMILES string of the molecule is C=CCOC(=O)c1sc(N2C(=O)C(=O)C(=C(O)c3nc4c(C)cccn4c3C)C2c2ccc(OCc3ccccc3)c(OCC)c2)nc1C. The first-order valence-electron chi connectivity index (χ1n) is 15.6. The molecule has 4 heterocycles. The van der Waals surface area contributed by atoms with E-state index in [1.54, 1.807) is 32.0 Å². The minimum atomic E-state index is -1.16. The van der Waals surface area contributed by atoms with Gasteiger partial charge in [-0.15, -0.1) is 0 Å². The Labute approximate surface area is 286 Å². The maximum Gasteiger partial charge on any atom is 0.350 e. The standard InChI is InChI=1S/C37H34N4O7S/c1-6-18-47-36(45)33-22(4)38-37(49-33)41-30(25-15-16-26(27(19-25)46-7-2)48-20-24-13-9-8-10-14-24)28(32(43)35(41)44)31(42)29-23(5)40-17-11-12-21(3)34(40)39-29/h6,8-17,19,30,42H,1,7,18,20H2,2-5H3. The van der Waals surface area contributed by atoms with E-state index in [4.69, 9.17) is 14.2 Å². The number of imidazole rings is 1. The molecule has 250 valence electrons. The van der Waals surface area contributed by atoms with Crippen molar-refractivity contribution < 1.29 is 33.7 Å². The van der Waals surface area contributed by atoms with Crippen LogP contribution in [0.5, 0.6) is 11.5 Å². The van der Waals surface area contributed by atoms with E-state index in [1.807, 2.05) is 66.9 Å². The third kappa shape index (κ3) is 6.18. The number of carbonyl (C=O) groups excluding carboxylic acids is 3. The number of nitrogens with zero attached hydrogens (tertiary/aromatic N) is 4. The number of hydrogen-bond donors (Lipinski definition) is 1. The topological polar surface area (TPSA) is 133 Å². The van der Waals surface area contributed by atoms with Crippen molar-refractivity contribution in [1.29, 1.82) is 0 Å². The largest absolute Gasteiger partial charge is 0.505 e. The summed E-state index contributed by atoms with van der Waals surface area (Å²) in [6, 6.07) is 17.3. The molecule has 11 nitrogen and oxygen atoms in total. The van der Waals surface area contributed by atoms with Gasteiger partial charge in [0.15, 0.2) is 22.4 Å². The molecule has 1 fully saturated rings. The first-order chi connectivity index (χ1) is 23.6. The molecular weight excluding hydrogens is 644 g/mol. The van der Waals surface area contributed by atoms with Crippen LogP contribution < -0.4 is 14.4 Å². The van der Waals surface area contributed by atoms with Crippen LogP contribution >= 0.6 is 11.3 Å². The van der Waals surface area contributed by atoms with E-state index in [0.29, 0.717) is 40.7 Å². The van der Waals surface area contributed by atoms with Gasteiger partial charge >= 0.3 is 11.9 Å². The predicted molar refractivity (Wildman–Crippen MR) is 185 cm³/mol. The normalized spacial score (nSPS) is 15.5. The summed E-state index contributed by atoms with van der Waals surface area (Å²) in [5.74, 6) is -2.09. The number of carbonyl (C=O) groups is 3. The fourth-order valence-electron chi connectivity index (χ4n) is 5.71. The van der Waals surface area contributed by atoms with Crippen molar-refractivity contribution in [2.24, 2.45) is 0 Å². The van der Waals surface area contributed by atoms with Gasteiger partial charge in [0.05, 0.1) is 29.6 Å². The van der Waals surface area contributed by atoms with Crippen LogP contribution in [0.25, 0.3) is 11.4 Å².